The van der Waals surface area contributed by atoms with Gasteiger partial charge in [0.1, 0.15) is 0 Å². The summed E-state index contributed by atoms with van der Waals surface area (Å²) in [6.45, 7) is 4.87. The number of likely N-dealkylation sites (N-methyl/N-ethyl adjacent to an activating group) is 1. The van der Waals surface area contributed by atoms with Crippen molar-refractivity contribution in [2.24, 2.45) is 11.7 Å². The molecule has 0 unspecified atom stereocenters. The molecule has 0 saturated heterocycles. The first kappa shape index (κ1) is 15.5. The largest absolute Gasteiger partial charge is 0.399 e. The van der Waals surface area contributed by atoms with E-state index in [1.54, 1.807) is 0 Å². The fraction of sp³-hybridized carbons (Fsp3) is 0.533. The Kier molecular flexibility index (Phi) is 5.83. The van der Waals surface area contributed by atoms with Crippen LogP contribution in [-0.4, -0.2) is 23.9 Å². The van der Waals surface area contributed by atoms with Crippen molar-refractivity contribution in [1.82, 2.24) is 4.90 Å². The molecule has 1 aromatic rings. The van der Waals surface area contributed by atoms with Gasteiger partial charge in [0.15, 0.2) is 0 Å². The Morgan fingerprint density at radius 1 is 1.32 bits per heavy atom. The fourth-order valence-corrected chi connectivity index (χ4v) is 2.62. The SMILES string of the molecule is CCC(CC)[C@@H](C(N)=O)N(C)Cc1cccc(N)c1. The number of rotatable bonds is 7. The van der Waals surface area contributed by atoms with E-state index in [1.807, 2.05) is 36.2 Å². The minimum Gasteiger partial charge on any atom is -0.399 e. The molecule has 0 spiro atoms. The number of carbonyl (C=O) groups excluding carboxylic acids is 1. The van der Waals surface area contributed by atoms with E-state index in [0.29, 0.717) is 12.5 Å². The quantitative estimate of drug-likeness (QED) is 0.739. The molecule has 0 bridgehead atoms. The Labute approximate surface area is 115 Å². The lowest BCUT2D eigenvalue weighted by molar-refractivity contribution is -0.125. The monoisotopic (exact) mass is 263 g/mol. The molecule has 19 heavy (non-hydrogen) atoms. The standard InChI is InChI=1S/C15H25N3O/c1-4-12(5-2)14(15(17)19)18(3)10-11-7-6-8-13(16)9-11/h6-9,12,14H,4-5,10,16H2,1-3H3,(H2,17,19)/t14-/m0/s1. The maximum absolute atomic E-state index is 11.7. The van der Waals surface area contributed by atoms with Gasteiger partial charge in [0.2, 0.25) is 5.91 Å². The van der Waals surface area contributed by atoms with Crippen LogP contribution in [0.1, 0.15) is 32.3 Å². The van der Waals surface area contributed by atoms with Crippen LogP contribution in [0.4, 0.5) is 5.69 Å². The van der Waals surface area contributed by atoms with Gasteiger partial charge >= 0.3 is 0 Å². The molecule has 0 radical (unpaired) electrons. The van der Waals surface area contributed by atoms with E-state index in [9.17, 15) is 4.79 Å². The third-order valence-electron chi connectivity index (χ3n) is 3.64. The summed E-state index contributed by atoms with van der Waals surface area (Å²) in [7, 11) is 1.94. The van der Waals surface area contributed by atoms with Crippen molar-refractivity contribution >= 4 is 11.6 Å². The summed E-state index contributed by atoms with van der Waals surface area (Å²) < 4.78 is 0. The van der Waals surface area contributed by atoms with Crippen molar-refractivity contribution in [3.63, 3.8) is 0 Å². The Bertz CT molecular complexity index is 416. The first-order valence-electron chi connectivity index (χ1n) is 6.83. The van der Waals surface area contributed by atoms with Crippen molar-refractivity contribution in [3.8, 4) is 0 Å². The molecule has 0 saturated carbocycles. The van der Waals surface area contributed by atoms with Crippen molar-refractivity contribution in [3.05, 3.63) is 29.8 Å². The second-order valence-electron chi connectivity index (χ2n) is 5.08. The summed E-state index contributed by atoms with van der Waals surface area (Å²) in [5.41, 5.74) is 13.2. The second-order valence-corrected chi connectivity index (χ2v) is 5.08. The molecule has 4 nitrogen and oxygen atoms in total. The predicted molar refractivity (Wildman–Crippen MR) is 79.4 cm³/mol. The average molecular weight is 263 g/mol. The molecule has 0 aliphatic rings. The first-order valence-corrected chi connectivity index (χ1v) is 6.83. The molecule has 1 rings (SSSR count). The number of anilines is 1. The number of nitrogens with two attached hydrogens (primary N) is 2. The van der Waals surface area contributed by atoms with Crippen LogP contribution in [-0.2, 0) is 11.3 Å². The molecular weight excluding hydrogens is 238 g/mol. The maximum atomic E-state index is 11.7. The van der Waals surface area contributed by atoms with Gasteiger partial charge in [-0.15, -0.1) is 0 Å². The molecule has 0 aliphatic heterocycles. The van der Waals surface area contributed by atoms with Gasteiger partial charge in [-0.2, -0.15) is 0 Å². The summed E-state index contributed by atoms with van der Waals surface area (Å²) in [5, 5.41) is 0. The lowest BCUT2D eigenvalue weighted by atomic mass is 9.92. The number of carbonyl (C=O) groups is 1. The Morgan fingerprint density at radius 3 is 2.42 bits per heavy atom. The molecule has 1 aromatic carbocycles. The van der Waals surface area contributed by atoms with Crippen LogP contribution in [0.25, 0.3) is 0 Å². The highest BCUT2D eigenvalue weighted by Gasteiger charge is 2.27. The van der Waals surface area contributed by atoms with Crippen molar-refractivity contribution in [2.45, 2.75) is 39.3 Å². The molecule has 4 heteroatoms. The molecule has 0 heterocycles. The molecule has 4 N–H and O–H groups in total. The maximum Gasteiger partial charge on any atom is 0.235 e. The topological polar surface area (TPSA) is 72.4 Å². The van der Waals surface area contributed by atoms with Crippen LogP contribution in [0.2, 0.25) is 0 Å². The van der Waals surface area contributed by atoms with Gasteiger partial charge in [-0.05, 0) is 30.7 Å². The zero-order valence-corrected chi connectivity index (χ0v) is 12.1. The highest BCUT2D eigenvalue weighted by atomic mass is 16.1. The van der Waals surface area contributed by atoms with Gasteiger partial charge < -0.3 is 11.5 Å². The van der Waals surface area contributed by atoms with Crippen LogP contribution in [0, 0.1) is 5.92 Å². The van der Waals surface area contributed by atoms with Crippen LogP contribution < -0.4 is 11.5 Å². The number of amides is 1. The zero-order chi connectivity index (χ0) is 14.4. The number of benzene rings is 1. The number of hydrogen-bond donors (Lipinski definition) is 2. The van der Waals surface area contributed by atoms with Gasteiger partial charge in [-0.25, -0.2) is 0 Å². The summed E-state index contributed by atoms with van der Waals surface area (Å²) in [6.07, 6.45) is 1.90. The van der Waals surface area contributed by atoms with Gasteiger partial charge in [-0.1, -0.05) is 38.8 Å². The van der Waals surface area contributed by atoms with E-state index in [0.717, 1.165) is 24.1 Å². The van der Waals surface area contributed by atoms with E-state index in [1.165, 1.54) is 0 Å². The molecule has 1 atom stereocenters. The molecular formula is C15H25N3O. The number of primary amides is 1. The third kappa shape index (κ3) is 4.24. The third-order valence-corrected chi connectivity index (χ3v) is 3.64. The van der Waals surface area contributed by atoms with Crippen LogP contribution in [0.15, 0.2) is 24.3 Å². The Balaban J connectivity index is 2.83. The van der Waals surface area contributed by atoms with Crippen LogP contribution >= 0.6 is 0 Å². The van der Waals surface area contributed by atoms with Crippen LogP contribution in [0.5, 0.6) is 0 Å². The lowest BCUT2D eigenvalue weighted by Gasteiger charge is -2.31. The van der Waals surface area contributed by atoms with Crippen LogP contribution in [0.3, 0.4) is 0 Å². The molecule has 0 fully saturated rings. The highest BCUT2D eigenvalue weighted by Crippen LogP contribution is 2.20. The molecule has 0 aromatic heterocycles. The van der Waals surface area contributed by atoms with E-state index in [-0.39, 0.29) is 11.9 Å². The summed E-state index contributed by atoms with van der Waals surface area (Å²) in [6, 6.07) is 7.50. The summed E-state index contributed by atoms with van der Waals surface area (Å²) >= 11 is 0. The highest BCUT2D eigenvalue weighted by molar-refractivity contribution is 5.80. The summed E-state index contributed by atoms with van der Waals surface area (Å²) in [5.74, 6) is 0.0451. The smallest absolute Gasteiger partial charge is 0.235 e. The first-order chi connectivity index (χ1) is 8.99. The van der Waals surface area contributed by atoms with E-state index >= 15 is 0 Å². The Morgan fingerprint density at radius 2 is 1.95 bits per heavy atom. The van der Waals surface area contributed by atoms with Crippen molar-refractivity contribution in [1.29, 1.82) is 0 Å². The normalized spacial score (nSPS) is 12.9. The van der Waals surface area contributed by atoms with Crippen molar-refractivity contribution in [2.75, 3.05) is 12.8 Å². The predicted octanol–water partition coefficient (Wildman–Crippen LogP) is 1.99. The number of nitrogens with zero attached hydrogens (tertiary/aromatic N) is 1. The van der Waals surface area contributed by atoms with Gasteiger partial charge in [0.25, 0.3) is 0 Å². The Hall–Kier alpha value is -1.55. The van der Waals surface area contributed by atoms with Crippen molar-refractivity contribution < 1.29 is 4.79 Å². The van der Waals surface area contributed by atoms with Gasteiger partial charge in [0, 0.05) is 12.2 Å². The van der Waals surface area contributed by atoms with Gasteiger partial charge in [0.05, 0.1) is 6.04 Å². The van der Waals surface area contributed by atoms with E-state index in [2.05, 4.69) is 13.8 Å². The van der Waals surface area contributed by atoms with E-state index < -0.39 is 0 Å². The summed E-state index contributed by atoms with van der Waals surface area (Å²) in [4.78, 5) is 13.7. The zero-order valence-electron chi connectivity index (χ0n) is 12.1. The molecule has 0 aliphatic carbocycles. The number of nitrogen functional groups attached to an aromatic ring is 1. The molecule has 1 amide bonds. The van der Waals surface area contributed by atoms with Gasteiger partial charge in [-0.3, -0.25) is 9.69 Å². The minimum absolute atomic E-state index is 0.226. The van der Waals surface area contributed by atoms with E-state index in [4.69, 9.17) is 11.5 Å². The average Bonchev–Trinajstić information content (AvgIpc) is 2.34. The fourth-order valence-electron chi connectivity index (χ4n) is 2.62. The second kappa shape index (κ2) is 7.14. The lowest BCUT2D eigenvalue weighted by Crippen LogP contribution is -2.47. The molecule has 106 valence electrons. The minimum atomic E-state index is -0.250. The number of hydrogen-bond acceptors (Lipinski definition) is 3.